The van der Waals surface area contributed by atoms with E-state index >= 15 is 0 Å². The van der Waals surface area contributed by atoms with E-state index in [2.05, 4.69) is 0 Å². The summed E-state index contributed by atoms with van der Waals surface area (Å²) in [6.45, 7) is 2.63. The minimum Gasteiger partial charge on any atom is -0.336 e. The van der Waals surface area contributed by atoms with Gasteiger partial charge in [0.2, 0.25) is 10.0 Å². The lowest BCUT2D eigenvalue weighted by molar-refractivity contribution is 0.0647. The first-order valence-corrected chi connectivity index (χ1v) is 9.65. The Morgan fingerprint density at radius 2 is 1.83 bits per heavy atom. The van der Waals surface area contributed by atoms with Crippen molar-refractivity contribution in [3.8, 4) is 0 Å². The Morgan fingerprint density at radius 3 is 2.39 bits per heavy atom. The minimum absolute atomic E-state index is 0.0739. The maximum atomic E-state index is 12.8. The van der Waals surface area contributed by atoms with Gasteiger partial charge in [-0.2, -0.15) is 0 Å². The molecule has 1 amide bonds. The van der Waals surface area contributed by atoms with E-state index in [1.807, 2.05) is 11.8 Å². The summed E-state index contributed by atoms with van der Waals surface area (Å²) in [6.07, 6.45) is 5.62. The molecule has 0 radical (unpaired) electrons. The van der Waals surface area contributed by atoms with Crippen LogP contribution in [0.15, 0.2) is 29.2 Å². The standard InChI is InChI=1S/C17H26N2O3S/c1-4-19(15-10-6-5-7-11-15)17(20)14-9-8-12-16(13-14)23(21,22)18(2)3/h8-9,12-13,15H,4-7,10-11H2,1-3H3. The fourth-order valence-corrected chi connectivity index (χ4v) is 4.07. The Kier molecular flexibility index (Phi) is 5.81. The van der Waals surface area contributed by atoms with Gasteiger partial charge in [-0.3, -0.25) is 4.79 Å². The quantitative estimate of drug-likeness (QED) is 0.829. The Balaban J connectivity index is 2.28. The fourth-order valence-electron chi connectivity index (χ4n) is 3.13. The number of benzene rings is 1. The van der Waals surface area contributed by atoms with Gasteiger partial charge in [0.05, 0.1) is 4.90 Å². The van der Waals surface area contributed by atoms with Crippen molar-refractivity contribution in [1.29, 1.82) is 0 Å². The normalized spacial score (nSPS) is 16.5. The van der Waals surface area contributed by atoms with Crippen LogP contribution in [0, 0.1) is 0 Å². The maximum absolute atomic E-state index is 12.8. The molecule has 0 aliphatic heterocycles. The van der Waals surface area contributed by atoms with Crippen molar-refractivity contribution in [2.24, 2.45) is 0 Å². The first-order chi connectivity index (χ1) is 10.9. The Labute approximate surface area is 139 Å². The topological polar surface area (TPSA) is 57.7 Å². The second-order valence-electron chi connectivity index (χ2n) is 6.20. The summed E-state index contributed by atoms with van der Waals surface area (Å²) in [6, 6.07) is 6.63. The van der Waals surface area contributed by atoms with Crippen molar-refractivity contribution >= 4 is 15.9 Å². The summed E-state index contributed by atoms with van der Waals surface area (Å²) in [5.41, 5.74) is 0.445. The molecule has 1 aliphatic rings. The molecule has 2 rings (SSSR count). The van der Waals surface area contributed by atoms with Crippen LogP contribution in [0.2, 0.25) is 0 Å². The molecule has 1 aromatic rings. The molecule has 0 saturated heterocycles. The van der Waals surface area contributed by atoms with E-state index in [1.165, 1.54) is 32.6 Å². The van der Waals surface area contributed by atoms with Crippen LogP contribution in [0.1, 0.15) is 49.4 Å². The summed E-state index contributed by atoms with van der Waals surface area (Å²) >= 11 is 0. The van der Waals surface area contributed by atoms with Crippen molar-refractivity contribution in [2.45, 2.75) is 50.0 Å². The van der Waals surface area contributed by atoms with Crippen molar-refractivity contribution in [3.63, 3.8) is 0 Å². The van der Waals surface area contributed by atoms with Crippen molar-refractivity contribution in [2.75, 3.05) is 20.6 Å². The number of carbonyl (C=O) groups excluding carboxylic acids is 1. The summed E-state index contributed by atoms with van der Waals surface area (Å²) in [4.78, 5) is 14.9. The summed E-state index contributed by atoms with van der Waals surface area (Å²) in [7, 11) is -0.547. The molecule has 0 heterocycles. The average molecular weight is 338 g/mol. The number of carbonyl (C=O) groups is 1. The summed E-state index contributed by atoms with van der Waals surface area (Å²) < 4.78 is 25.7. The highest BCUT2D eigenvalue weighted by molar-refractivity contribution is 7.89. The van der Waals surface area contributed by atoms with E-state index in [0.717, 1.165) is 30.0 Å². The van der Waals surface area contributed by atoms with Crippen LogP contribution in [0.5, 0.6) is 0 Å². The van der Waals surface area contributed by atoms with Gasteiger partial charge in [-0.15, -0.1) is 0 Å². The van der Waals surface area contributed by atoms with E-state index in [0.29, 0.717) is 12.1 Å². The van der Waals surface area contributed by atoms with E-state index < -0.39 is 10.0 Å². The summed E-state index contributed by atoms with van der Waals surface area (Å²) in [5, 5.41) is 0. The highest BCUT2D eigenvalue weighted by atomic mass is 32.2. The molecule has 1 fully saturated rings. The van der Waals surface area contributed by atoms with Gasteiger partial charge in [-0.05, 0) is 38.0 Å². The van der Waals surface area contributed by atoms with Crippen molar-refractivity contribution in [3.05, 3.63) is 29.8 Å². The first kappa shape index (κ1) is 17.9. The van der Waals surface area contributed by atoms with Gasteiger partial charge >= 0.3 is 0 Å². The molecule has 128 valence electrons. The predicted octanol–water partition coefficient (Wildman–Crippen LogP) is 2.73. The zero-order chi connectivity index (χ0) is 17.0. The largest absolute Gasteiger partial charge is 0.336 e. The molecule has 1 aromatic carbocycles. The molecule has 5 nitrogen and oxygen atoms in total. The number of nitrogens with zero attached hydrogens (tertiary/aromatic N) is 2. The highest BCUT2D eigenvalue weighted by Gasteiger charge is 2.26. The van der Waals surface area contributed by atoms with E-state index in [4.69, 9.17) is 0 Å². The van der Waals surface area contributed by atoms with E-state index in [-0.39, 0.29) is 16.8 Å². The highest BCUT2D eigenvalue weighted by Crippen LogP contribution is 2.24. The van der Waals surface area contributed by atoms with Gasteiger partial charge in [0, 0.05) is 32.2 Å². The van der Waals surface area contributed by atoms with E-state index in [1.54, 1.807) is 12.1 Å². The molecule has 1 aliphatic carbocycles. The second kappa shape index (κ2) is 7.45. The van der Waals surface area contributed by atoms with Crippen LogP contribution < -0.4 is 0 Å². The molecule has 0 N–H and O–H groups in total. The minimum atomic E-state index is -3.53. The number of sulfonamides is 1. The molecule has 0 spiro atoms. The SMILES string of the molecule is CCN(C(=O)c1cccc(S(=O)(=O)N(C)C)c1)C1CCCCC1. The second-order valence-corrected chi connectivity index (χ2v) is 8.35. The first-order valence-electron chi connectivity index (χ1n) is 8.21. The number of rotatable bonds is 5. The lowest BCUT2D eigenvalue weighted by atomic mass is 9.93. The van der Waals surface area contributed by atoms with Crippen LogP contribution in [0.3, 0.4) is 0 Å². The smallest absolute Gasteiger partial charge is 0.254 e. The van der Waals surface area contributed by atoms with Crippen LogP contribution in [0.4, 0.5) is 0 Å². The lowest BCUT2D eigenvalue weighted by Gasteiger charge is -2.33. The van der Waals surface area contributed by atoms with E-state index in [9.17, 15) is 13.2 Å². The Hall–Kier alpha value is -1.40. The zero-order valence-corrected chi connectivity index (χ0v) is 15.0. The third-order valence-corrected chi connectivity index (χ3v) is 6.29. The Morgan fingerprint density at radius 1 is 1.17 bits per heavy atom. The predicted molar refractivity (Wildman–Crippen MR) is 90.9 cm³/mol. The zero-order valence-electron chi connectivity index (χ0n) is 14.2. The van der Waals surface area contributed by atoms with Gasteiger partial charge in [0.25, 0.3) is 5.91 Å². The molecule has 0 unspecified atom stereocenters. The monoisotopic (exact) mass is 338 g/mol. The molecular formula is C17H26N2O3S. The molecule has 0 aromatic heterocycles. The molecular weight excluding hydrogens is 312 g/mol. The molecule has 23 heavy (non-hydrogen) atoms. The number of hydrogen-bond donors (Lipinski definition) is 0. The lowest BCUT2D eigenvalue weighted by Crippen LogP contribution is -2.41. The van der Waals surface area contributed by atoms with Gasteiger partial charge < -0.3 is 4.90 Å². The molecule has 0 atom stereocenters. The van der Waals surface area contributed by atoms with Gasteiger partial charge in [0.15, 0.2) is 0 Å². The molecule has 0 bridgehead atoms. The van der Waals surface area contributed by atoms with Crippen molar-refractivity contribution in [1.82, 2.24) is 9.21 Å². The number of amides is 1. The fraction of sp³-hybridized carbons (Fsp3) is 0.588. The third-order valence-electron chi connectivity index (χ3n) is 4.48. The molecule has 1 saturated carbocycles. The van der Waals surface area contributed by atoms with Crippen LogP contribution in [-0.2, 0) is 10.0 Å². The van der Waals surface area contributed by atoms with Crippen LogP contribution >= 0.6 is 0 Å². The third kappa shape index (κ3) is 3.93. The molecule has 6 heteroatoms. The van der Waals surface area contributed by atoms with Gasteiger partial charge in [0.1, 0.15) is 0 Å². The van der Waals surface area contributed by atoms with Gasteiger partial charge in [-0.1, -0.05) is 25.3 Å². The van der Waals surface area contributed by atoms with Crippen molar-refractivity contribution < 1.29 is 13.2 Å². The summed E-state index contributed by atoms with van der Waals surface area (Å²) in [5.74, 6) is -0.0739. The Bertz CT molecular complexity index is 650. The van der Waals surface area contributed by atoms with Crippen LogP contribution in [-0.4, -0.2) is 50.2 Å². The average Bonchev–Trinajstić information content (AvgIpc) is 2.56. The number of hydrogen-bond acceptors (Lipinski definition) is 3. The van der Waals surface area contributed by atoms with Gasteiger partial charge in [-0.25, -0.2) is 12.7 Å². The van der Waals surface area contributed by atoms with Crippen LogP contribution in [0.25, 0.3) is 0 Å². The maximum Gasteiger partial charge on any atom is 0.254 e.